The molecule has 0 radical (unpaired) electrons. The summed E-state index contributed by atoms with van der Waals surface area (Å²) in [5.74, 6) is 0.853. The van der Waals surface area contributed by atoms with E-state index in [1.807, 2.05) is 48.7 Å². The molecule has 1 atom stereocenters. The number of rotatable bonds is 5. The van der Waals surface area contributed by atoms with Gasteiger partial charge < -0.3 is 10.5 Å². The van der Waals surface area contributed by atoms with Gasteiger partial charge in [-0.2, -0.15) is 0 Å². The van der Waals surface area contributed by atoms with Crippen molar-refractivity contribution in [3.63, 3.8) is 0 Å². The van der Waals surface area contributed by atoms with E-state index >= 15 is 0 Å². The molecule has 3 heteroatoms. The Morgan fingerprint density at radius 1 is 1.17 bits per heavy atom. The minimum absolute atomic E-state index is 0.0249. The highest BCUT2D eigenvalue weighted by Crippen LogP contribution is 2.25. The Labute approximate surface area is 108 Å². The molecule has 2 aromatic rings. The van der Waals surface area contributed by atoms with Crippen molar-refractivity contribution < 1.29 is 4.74 Å². The Kier molecular flexibility index (Phi) is 4.31. The summed E-state index contributed by atoms with van der Waals surface area (Å²) in [6.45, 7) is 0. The number of ether oxygens (including phenoxy) is 1. The first-order valence-electron chi connectivity index (χ1n) is 6.09. The van der Waals surface area contributed by atoms with Crippen LogP contribution in [0.1, 0.15) is 23.7 Å². The van der Waals surface area contributed by atoms with Crippen molar-refractivity contribution >= 4 is 0 Å². The smallest absolute Gasteiger partial charge is 0.123 e. The van der Waals surface area contributed by atoms with Gasteiger partial charge in [0, 0.05) is 23.5 Å². The normalized spacial score (nSPS) is 12.1. The van der Waals surface area contributed by atoms with Crippen LogP contribution in [0.5, 0.6) is 5.75 Å². The Bertz CT molecular complexity index is 485. The van der Waals surface area contributed by atoms with Crippen molar-refractivity contribution in [3.05, 3.63) is 59.9 Å². The van der Waals surface area contributed by atoms with Gasteiger partial charge in [-0.15, -0.1) is 0 Å². The van der Waals surface area contributed by atoms with Crippen LogP contribution >= 0.6 is 0 Å². The van der Waals surface area contributed by atoms with E-state index in [-0.39, 0.29) is 6.04 Å². The second-order valence-corrected chi connectivity index (χ2v) is 4.21. The number of aryl methyl sites for hydroxylation is 1. The highest BCUT2D eigenvalue weighted by atomic mass is 16.5. The Morgan fingerprint density at radius 2 is 1.94 bits per heavy atom. The number of hydrogen-bond donors (Lipinski definition) is 1. The van der Waals surface area contributed by atoms with Crippen LogP contribution in [0.15, 0.2) is 48.7 Å². The van der Waals surface area contributed by atoms with Gasteiger partial charge in [-0.05, 0) is 31.0 Å². The SMILES string of the molecule is COc1ccccc1C(N)CCc1ccccn1. The number of pyridine rings is 1. The first-order valence-corrected chi connectivity index (χ1v) is 6.09. The van der Waals surface area contributed by atoms with Crippen LogP contribution in [0.25, 0.3) is 0 Å². The van der Waals surface area contributed by atoms with Gasteiger partial charge in [0.15, 0.2) is 0 Å². The molecule has 1 unspecified atom stereocenters. The highest BCUT2D eigenvalue weighted by Gasteiger charge is 2.11. The fourth-order valence-corrected chi connectivity index (χ4v) is 1.98. The second-order valence-electron chi connectivity index (χ2n) is 4.21. The third-order valence-corrected chi connectivity index (χ3v) is 2.98. The van der Waals surface area contributed by atoms with Gasteiger partial charge in [-0.25, -0.2) is 0 Å². The van der Waals surface area contributed by atoms with E-state index in [1.54, 1.807) is 7.11 Å². The van der Waals surface area contributed by atoms with Crippen LogP contribution in [-0.4, -0.2) is 12.1 Å². The van der Waals surface area contributed by atoms with Crippen molar-refractivity contribution in [2.45, 2.75) is 18.9 Å². The first kappa shape index (κ1) is 12.6. The molecule has 0 saturated heterocycles. The summed E-state index contributed by atoms with van der Waals surface area (Å²) >= 11 is 0. The molecule has 2 rings (SSSR count). The first-order chi connectivity index (χ1) is 8.81. The molecule has 0 saturated carbocycles. The number of hydrogen-bond acceptors (Lipinski definition) is 3. The van der Waals surface area contributed by atoms with Gasteiger partial charge in [0.1, 0.15) is 5.75 Å². The number of para-hydroxylation sites is 1. The lowest BCUT2D eigenvalue weighted by molar-refractivity contribution is 0.404. The molecule has 2 N–H and O–H groups in total. The zero-order chi connectivity index (χ0) is 12.8. The van der Waals surface area contributed by atoms with Crippen LogP contribution in [0.3, 0.4) is 0 Å². The molecule has 1 heterocycles. The van der Waals surface area contributed by atoms with Gasteiger partial charge in [0.05, 0.1) is 7.11 Å². The zero-order valence-electron chi connectivity index (χ0n) is 10.5. The lowest BCUT2D eigenvalue weighted by atomic mass is 10.0. The van der Waals surface area contributed by atoms with E-state index in [1.165, 1.54) is 0 Å². The summed E-state index contributed by atoms with van der Waals surface area (Å²) in [6.07, 6.45) is 3.54. The van der Waals surface area contributed by atoms with E-state index in [0.29, 0.717) is 0 Å². The van der Waals surface area contributed by atoms with Crippen molar-refractivity contribution in [1.29, 1.82) is 0 Å². The number of nitrogens with zero attached hydrogens (tertiary/aromatic N) is 1. The van der Waals surface area contributed by atoms with Gasteiger partial charge in [-0.3, -0.25) is 4.98 Å². The molecule has 3 nitrogen and oxygen atoms in total. The fraction of sp³-hybridized carbons (Fsp3) is 0.267. The molecule has 0 aliphatic rings. The third kappa shape index (κ3) is 3.08. The number of nitrogens with two attached hydrogens (primary N) is 1. The van der Waals surface area contributed by atoms with E-state index < -0.39 is 0 Å². The lowest BCUT2D eigenvalue weighted by Gasteiger charge is -2.15. The largest absolute Gasteiger partial charge is 0.496 e. The Hall–Kier alpha value is -1.87. The van der Waals surface area contributed by atoms with E-state index in [9.17, 15) is 0 Å². The summed E-state index contributed by atoms with van der Waals surface area (Å²) in [5, 5.41) is 0. The van der Waals surface area contributed by atoms with E-state index in [0.717, 1.165) is 29.8 Å². The predicted molar refractivity (Wildman–Crippen MR) is 72.5 cm³/mol. The minimum atomic E-state index is -0.0249. The topological polar surface area (TPSA) is 48.1 Å². The standard InChI is InChI=1S/C15H18N2O/c1-18-15-8-3-2-7-13(15)14(16)10-9-12-6-4-5-11-17-12/h2-8,11,14H,9-10,16H2,1H3. The maximum Gasteiger partial charge on any atom is 0.123 e. The van der Waals surface area contributed by atoms with Crippen LogP contribution in [0.2, 0.25) is 0 Å². The van der Waals surface area contributed by atoms with Crippen LogP contribution in [-0.2, 0) is 6.42 Å². The van der Waals surface area contributed by atoms with Gasteiger partial charge in [-0.1, -0.05) is 24.3 Å². The summed E-state index contributed by atoms with van der Waals surface area (Å²) in [7, 11) is 1.67. The number of methoxy groups -OCH3 is 1. The number of benzene rings is 1. The summed E-state index contributed by atoms with van der Waals surface area (Å²) in [6, 6.07) is 13.8. The van der Waals surface area contributed by atoms with Crippen LogP contribution in [0.4, 0.5) is 0 Å². The summed E-state index contributed by atoms with van der Waals surface area (Å²) < 4.78 is 5.32. The summed E-state index contributed by atoms with van der Waals surface area (Å²) in [5.41, 5.74) is 8.34. The second kappa shape index (κ2) is 6.17. The van der Waals surface area contributed by atoms with Gasteiger partial charge >= 0.3 is 0 Å². The van der Waals surface area contributed by atoms with E-state index in [4.69, 9.17) is 10.5 Å². The van der Waals surface area contributed by atoms with Crippen molar-refractivity contribution in [2.75, 3.05) is 7.11 Å². The Morgan fingerprint density at radius 3 is 2.67 bits per heavy atom. The highest BCUT2D eigenvalue weighted by molar-refractivity contribution is 5.35. The zero-order valence-corrected chi connectivity index (χ0v) is 10.5. The van der Waals surface area contributed by atoms with Gasteiger partial charge in [0.2, 0.25) is 0 Å². The quantitative estimate of drug-likeness (QED) is 0.877. The predicted octanol–water partition coefficient (Wildman–Crippen LogP) is 2.72. The van der Waals surface area contributed by atoms with Crippen molar-refractivity contribution in [1.82, 2.24) is 4.98 Å². The Balaban J connectivity index is 2.01. The molecular formula is C15H18N2O. The molecule has 1 aromatic carbocycles. The molecule has 0 fully saturated rings. The fourth-order valence-electron chi connectivity index (χ4n) is 1.98. The molecule has 18 heavy (non-hydrogen) atoms. The average Bonchev–Trinajstić information content (AvgIpc) is 2.45. The molecule has 0 aliphatic heterocycles. The molecule has 0 bridgehead atoms. The van der Waals surface area contributed by atoms with Crippen LogP contribution in [0, 0.1) is 0 Å². The summed E-state index contributed by atoms with van der Waals surface area (Å²) in [4.78, 5) is 4.30. The third-order valence-electron chi connectivity index (χ3n) is 2.98. The maximum atomic E-state index is 6.21. The molecule has 94 valence electrons. The molecular weight excluding hydrogens is 224 g/mol. The lowest BCUT2D eigenvalue weighted by Crippen LogP contribution is -2.12. The van der Waals surface area contributed by atoms with E-state index in [2.05, 4.69) is 4.98 Å². The van der Waals surface area contributed by atoms with Crippen molar-refractivity contribution in [2.24, 2.45) is 5.73 Å². The molecule has 0 spiro atoms. The molecule has 0 amide bonds. The monoisotopic (exact) mass is 242 g/mol. The van der Waals surface area contributed by atoms with Crippen molar-refractivity contribution in [3.8, 4) is 5.75 Å². The van der Waals surface area contributed by atoms with Gasteiger partial charge in [0.25, 0.3) is 0 Å². The molecule has 1 aromatic heterocycles. The number of aromatic nitrogens is 1. The molecule has 0 aliphatic carbocycles. The maximum absolute atomic E-state index is 6.21. The average molecular weight is 242 g/mol. The van der Waals surface area contributed by atoms with Crippen LogP contribution < -0.4 is 10.5 Å². The minimum Gasteiger partial charge on any atom is -0.496 e.